The van der Waals surface area contributed by atoms with Crippen LogP contribution in [0.3, 0.4) is 0 Å². The first-order chi connectivity index (χ1) is 4.77. The van der Waals surface area contributed by atoms with E-state index in [1.807, 2.05) is 20.8 Å². The molecular weight excluding hydrogens is 168 g/mol. The highest BCUT2D eigenvalue weighted by Crippen LogP contribution is 2.20. The molecule has 0 aromatic heterocycles. The number of rotatable bonds is 4. The van der Waals surface area contributed by atoms with E-state index in [1.54, 1.807) is 0 Å². The summed E-state index contributed by atoms with van der Waals surface area (Å²) in [7, 11) is -4.27. The summed E-state index contributed by atoms with van der Waals surface area (Å²) in [4.78, 5) is 0. The maximum Gasteiger partial charge on any atom is 0.397 e. The molecule has 0 rings (SSSR count). The Morgan fingerprint density at radius 2 is 1.91 bits per heavy atom. The van der Waals surface area contributed by atoms with Gasteiger partial charge >= 0.3 is 10.4 Å². The van der Waals surface area contributed by atoms with Crippen molar-refractivity contribution in [1.82, 2.24) is 0 Å². The number of hydrogen-bond donors (Lipinski definition) is 1. The lowest BCUT2D eigenvalue weighted by molar-refractivity contribution is 0.162. The third-order valence-corrected chi connectivity index (χ3v) is 1.97. The normalized spacial score (nSPS) is 13.5. The zero-order valence-electron chi connectivity index (χ0n) is 6.99. The minimum Gasteiger partial charge on any atom is -0.264 e. The lowest BCUT2D eigenvalue weighted by atomic mass is 9.92. The smallest absolute Gasteiger partial charge is 0.264 e. The second-order valence-electron chi connectivity index (χ2n) is 3.21. The second-order valence-corrected chi connectivity index (χ2v) is 4.30. The largest absolute Gasteiger partial charge is 0.397 e. The van der Waals surface area contributed by atoms with Crippen LogP contribution in [-0.4, -0.2) is 19.6 Å². The molecule has 0 aliphatic heterocycles. The summed E-state index contributed by atoms with van der Waals surface area (Å²) in [6.45, 7) is 5.66. The molecule has 0 radical (unpaired) electrons. The average molecular weight is 182 g/mol. The van der Waals surface area contributed by atoms with E-state index in [-0.39, 0.29) is 12.0 Å². The standard InChI is InChI=1S/C6H14O4S/c1-4-6(2,3)5-10-11(7,8)9/h4-5H2,1-3H3,(H,7,8,9). The Kier molecular flexibility index (Phi) is 3.47. The number of hydrogen-bond acceptors (Lipinski definition) is 3. The van der Waals surface area contributed by atoms with Gasteiger partial charge in [-0.3, -0.25) is 4.55 Å². The van der Waals surface area contributed by atoms with Gasteiger partial charge in [0, 0.05) is 0 Å². The molecule has 5 heteroatoms. The van der Waals surface area contributed by atoms with Crippen LogP contribution in [0.4, 0.5) is 0 Å². The second kappa shape index (κ2) is 3.51. The molecule has 0 atom stereocenters. The van der Waals surface area contributed by atoms with Gasteiger partial charge in [-0.2, -0.15) is 8.42 Å². The zero-order valence-corrected chi connectivity index (χ0v) is 7.81. The first kappa shape index (κ1) is 10.9. The lowest BCUT2D eigenvalue weighted by Crippen LogP contribution is -2.20. The van der Waals surface area contributed by atoms with Gasteiger partial charge in [0.25, 0.3) is 0 Å². The summed E-state index contributed by atoms with van der Waals surface area (Å²) in [5, 5.41) is 0. The quantitative estimate of drug-likeness (QED) is 0.664. The van der Waals surface area contributed by atoms with Crippen LogP contribution in [-0.2, 0) is 14.6 Å². The molecule has 68 valence electrons. The van der Waals surface area contributed by atoms with E-state index in [4.69, 9.17) is 4.55 Å². The summed E-state index contributed by atoms with van der Waals surface area (Å²) >= 11 is 0. The third-order valence-electron chi connectivity index (χ3n) is 1.56. The Bertz CT molecular complexity index is 205. The summed E-state index contributed by atoms with van der Waals surface area (Å²) in [5.41, 5.74) is -0.212. The fourth-order valence-electron chi connectivity index (χ4n) is 0.336. The Morgan fingerprint density at radius 3 is 2.18 bits per heavy atom. The fourth-order valence-corrected chi connectivity index (χ4v) is 0.804. The van der Waals surface area contributed by atoms with Crippen molar-refractivity contribution in [2.75, 3.05) is 6.61 Å². The fraction of sp³-hybridized carbons (Fsp3) is 1.00. The van der Waals surface area contributed by atoms with Crippen LogP contribution in [0.2, 0.25) is 0 Å². The van der Waals surface area contributed by atoms with Crippen molar-refractivity contribution in [3.8, 4) is 0 Å². The molecule has 0 fully saturated rings. The van der Waals surface area contributed by atoms with Gasteiger partial charge in [0.05, 0.1) is 6.61 Å². The molecule has 4 nitrogen and oxygen atoms in total. The molecule has 0 aliphatic rings. The maximum absolute atomic E-state index is 10.1. The lowest BCUT2D eigenvalue weighted by Gasteiger charge is -2.20. The first-order valence-corrected chi connectivity index (χ1v) is 4.75. The zero-order chi connectivity index (χ0) is 9.12. The van der Waals surface area contributed by atoms with E-state index >= 15 is 0 Å². The molecule has 0 aliphatic carbocycles. The molecule has 0 spiro atoms. The predicted octanol–water partition coefficient (Wildman–Crippen LogP) is 1.24. The van der Waals surface area contributed by atoms with E-state index in [0.29, 0.717) is 0 Å². The van der Waals surface area contributed by atoms with E-state index in [9.17, 15) is 8.42 Å². The van der Waals surface area contributed by atoms with Crippen LogP contribution in [0.5, 0.6) is 0 Å². The molecule has 0 bridgehead atoms. The van der Waals surface area contributed by atoms with Crippen molar-refractivity contribution in [3.63, 3.8) is 0 Å². The molecule has 0 aromatic rings. The minimum atomic E-state index is -4.27. The molecule has 1 N–H and O–H groups in total. The molecule has 0 heterocycles. The Balaban J connectivity index is 3.90. The van der Waals surface area contributed by atoms with Crippen LogP contribution in [0.1, 0.15) is 27.2 Å². The van der Waals surface area contributed by atoms with Crippen molar-refractivity contribution in [2.24, 2.45) is 5.41 Å². The van der Waals surface area contributed by atoms with Crippen molar-refractivity contribution in [2.45, 2.75) is 27.2 Å². The van der Waals surface area contributed by atoms with Crippen LogP contribution in [0, 0.1) is 5.41 Å². The summed E-state index contributed by atoms with van der Waals surface area (Å²) in [6.07, 6.45) is 0.794. The monoisotopic (exact) mass is 182 g/mol. The van der Waals surface area contributed by atoms with Gasteiger partial charge < -0.3 is 0 Å². The molecule has 0 saturated carbocycles. The third kappa shape index (κ3) is 6.28. The van der Waals surface area contributed by atoms with Gasteiger partial charge in [0.15, 0.2) is 0 Å². The van der Waals surface area contributed by atoms with Gasteiger partial charge in [-0.1, -0.05) is 20.8 Å². The van der Waals surface area contributed by atoms with Crippen LogP contribution >= 0.6 is 0 Å². The van der Waals surface area contributed by atoms with Gasteiger partial charge in [-0.05, 0) is 11.8 Å². The summed E-state index contributed by atoms with van der Waals surface area (Å²) in [6, 6.07) is 0. The van der Waals surface area contributed by atoms with Crippen molar-refractivity contribution in [3.05, 3.63) is 0 Å². The topological polar surface area (TPSA) is 63.6 Å². The average Bonchev–Trinajstić information content (AvgIpc) is 1.83. The van der Waals surface area contributed by atoms with E-state index in [0.717, 1.165) is 6.42 Å². The van der Waals surface area contributed by atoms with Gasteiger partial charge in [0.2, 0.25) is 0 Å². The summed E-state index contributed by atoms with van der Waals surface area (Å²) in [5.74, 6) is 0. The molecule has 0 saturated heterocycles. The van der Waals surface area contributed by atoms with Gasteiger partial charge in [0.1, 0.15) is 0 Å². The van der Waals surface area contributed by atoms with Crippen molar-refractivity contribution in [1.29, 1.82) is 0 Å². The van der Waals surface area contributed by atoms with E-state index in [2.05, 4.69) is 4.18 Å². The SMILES string of the molecule is CCC(C)(C)COS(=O)(=O)O. The predicted molar refractivity (Wildman–Crippen MR) is 41.6 cm³/mol. The molecule has 0 amide bonds. The minimum absolute atomic E-state index is 0.0162. The Hall–Kier alpha value is -0.130. The van der Waals surface area contributed by atoms with E-state index in [1.165, 1.54) is 0 Å². The Labute approximate surface area is 67.5 Å². The van der Waals surface area contributed by atoms with Crippen molar-refractivity contribution < 1.29 is 17.2 Å². The molecule has 11 heavy (non-hydrogen) atoms. The van der Waals surface area contributed by atoms with Crippen LogP contribution in [0.25, 0.3) is 0 Å². The summed E-state index contributed by atoms with van der Waals surface area (Å²) < 4.78 is 32.7. The Morgan fingerprint density at radius 1 is 1.45 bits per heavy atom. The first-order valence-electron chi connectivity index (χ1n) is 3.39. The van der Waals surface area contributed by atoms with E-state index < -0.39 is 10.4 Å². The van der Waals surface area contributed by atoms with Crippen molar-refractivity contribution >= 4 is 10.4 Å². The van der Waals surface area contributed by atoms with Gasteiger partial charge in [-0.25, -0.2) is 4.18 Å². The molecule has 0 unspecified atom stereocenters. The highest BCUT2D eigenvalue weighted by atomic mass is 32.3. The van der Waals surface area contributed by atoms with Crippen LogP contribution in [0.15, 0.2) is 0 Å². The highest BCUT2D eigenvalue weighted by Gasteiger charge is 2.18. The van der Waals surface area contributed by atoms with Gasteiger partial charge in [-0.15, -0.1) is 0 Å². The highest BCUT2D eigenvalue weighted by molar-refractivity contribution is 7.80. The molecular formula is C6H14O4S. The van der Waals surface area contributed by atoms with Crippen LogP contribution < -0.4 is 0 Å². The maximum atomic E-state index is 10.1. The molecule has 0 aromatic carbocycles.